The number of amides is 1. The van der Waals surface area contributed by atoms with E-state index in [-0.39, 0.29) is 24.5 Å². The number of aromatic nitrogens is 1. The topological polar surface area (TPSA) is 97.7 Å². The molecule has 1 aromatic carbocycles. The number of pyridine rings is 1. The summed E-state index contributed by atoms with van der Waals surface area (Å²) in [6.45, 7) is 2.61. The van der Waals surface area contributed by atoms with Crippen LogP contribution in [0.1, 0.15) is 44.9 Å². The second-order valence-electron chi connectivity index (χ2n) is 10.9. The molecule has 4 aliphatic carbocycles. The number of rotatable bonds is 11. The molecule has 4 aliphatic rings. The normalized spacial score (nSPS) is 27.4. The molecule has 7 nitrogen and oxygen atoms in total. The Morgan fingerprint density at radius 3 is 2.29 bits per heavy atom. The van der Waals surface area contributed by atoms with Gasteiger partial charge in [0.25, 0.3) is 0 Å². The molecule has 0 atom stereocenters. The lowest BCUT2D eigenvalue weighted by Gasteiger charge is -2.56. The number of aliphatic hydroxyl groups excluding tert-OH is 2. The molecule has 4 fully saturated rings. The van der Waals surface area contributed by atoms with Crippen LogP contribution in [-0.4, -0.2) is 65.4 Å². The Hall–Kier alpha value is -2.22. The van der Waals surface area contributed by atoms with E-state index >= 15 is 0 Å². The zero-order valence-corrected chi connectivity index (χ0v) is 20.0. The molecule has 6 rings (SSSR count). The molecule has 1 amide bonds. The highest BCUT2D eigenvalue weighted by molar-refractivity contribution is 6.01. The Bertz CT molecular complexity index is 969. The number of aliphatic hydroxyl groups is 2. The van der Waals surface area contributed by atoms with Gasteiger partial charge in [-0.15, -0.1) is 0 Å². The van der Waals surface area contributed by atoms with Gasteiger partial charge in [0, 0.05) is 38.0 Å². The lowest BCUT2D eigenvalue weighted by molar-refractivity contribution is -0.124. The molecule has 0 radical (unpaired) electrons. The number of nitrogens with one attached hydrogen (secondary N) is 2. The van der Waals surface area contributed by atoms with Gasteiger partial charge in [0.2, 0.25) is 5.91 Å². The summed E-state index contributed by atoms with van der Waals surface area (Å²) >= 11 is 0. The van der Waals surface area contributed by atoms with Crippen molar-refractivity contribution in [2.24, 2.45) is 23.2 Å². The number of anilines is 2. The smallest absolute Gasteiger partial charge is 0.224 e. The monoisotopic (exact) mass is 466 g/mol. The SMILES string of the molecule is O=C(CC12CC3CC(CC(C3)C1)C2)Nc1cccc2nc(NCCN(CCO)CCO)ccc12. The predicted octanol–water partition coefficient (Wildman–Crippen LogP) is 3.48. The number of hydrogen-bond acceptors (Lipinski definition) is 6. The number of nitrogens with zero attached hydrogens (tertiary/aromatic N) is 2. The van der Waals surface area contributed by atoms with Crippen molar-refractivity contribution in [1.29, 1.82) is 0 Å². The lowest BCUT2D eigenvalue weighted by Crippen LogP contribution is -2.47. The maximum atomic E-state index is 13.1. The van der Waals surface area contributed by atoms with Crippen LogP contribution in [0.3, 0.4) is 0 Å². The maximum absolute atomic E-state index is 13.1. The van der Waals surface area contributed by atoms with Gasteiger partial charge in [0.15, 0.2) is 0 Å². The van der Waals surface area contributed by atoms with E-state index in [0.29, 0.717) is 32.6 Å². The molecule has 1 heterocycles. The molecule has 34 heavy (non-hydrogen) atoms. The zero-order valence-electron chi connectivity index (χ0n) is 20.0. The van der Waals surface area contributed by atoms with Gasteiger partial charge < -0.3 is 20.8 Å². The summed E-state index contributed by atoms with van der Waals surface area (Å²) in [6, 6.07) is 9.85. The average molecular weight is 467 g/mol. The Balaban J connectivity index is 1.21. The maximum Gasteiger partial charge on any atom is 0.224 e. The fourth-order valence-electron chi connectivity index (χ4n) is 7.36. The minimum Gasteiger partial charge on any atom is -0.395 e. The molecule has 0 saturated heterocycles. The summed E-state index contributed by atoms with van der Waals surface area (Å²) in [5, 5.41) is 25.8. The lowest BCUT2D eigenvalue weighted by atomic mass is 9.49. The van der Waals surface area contributed by atoms with Crippen LogP contribution in [0.25, 0.3) is 10.9 Å². The van der Waals surface area contributed by atoms with Crippen molar-refractivity contribution in [3.05, 3.63) is 30.3 Å². The Morgan fingerprint density at radius 2 is 1.65 bits per heavy atom. The van der Waals surface area contributed by atoms with E-state index in [4.69, 9.17) is 15.2 Å². The molecule has 7 heteroatoms. The van der Waals surface area contributed by atoms with Gasteiger partial charge in [-0.05, 0) is 86.0 Å². The summed E-state index contributed by atoms with van der Waals surface area (Å²) in [5.74, 6) is 3.48. The number of carbonyl (C=O) groups is 1. The van der Waals surface area contributed by atoms with Gasteiger partial charge in [0.1, 0.15) is 5.82 Å². The molecule has 0 aliphatic heterocycles. The van der Waals surface area contributed by atoms with Crippen molar-refractivity contribution in [2.75, 3.05) is 50.0 Å². The first-order valence-corrected chi connectivity index (χ1v) is 12.9. The van der Waals surface area contributed by atoms with Crippen LogP contribution in [0, 0.1) is 23.2 Å². The average Bonchev–Trinajstić information content (AvgIpc) is 2.78. The van der Waals surface area contributed by atoms with Crippen LogP contribution in [0.4, 0.5) is 11.5 Å². The molecule has 2 aromatic rings. The first kappa shape index (κ1) is 23.5. The van der Waals surface area contributed by atoms with Crippen LogP contribution in [0.15, 0.2) is 30.3 Å². The summed E-state index contributed by atoms with van der Waals surface area (Å²) < 4.78 is 0. The van der Waals surface area contributed by atoms with Gasteiger partial charge in [0.05, 0.1) is 24.4 Å². The minimum atomic E-state index is 0.0750. The van der Waals surface area contributed by atoms with Crippen molar-refractivity contribution in [3.8, 4) is 0 Å². The van der Waals surface area contributed by atoms with Gasteiger partial charge in [-0.25, -0.2) is 4.98 Å². The fraction of sp³-hybridized carbons (Fsp3) is 0.630. The largest absolute Gasteiger partial charge is 0.395 e. The summed E-state index contributed by atoms with van der Waals surface area (Å²) in [7, 11) is 0. The van der Waals surface area contributed by atoms with E-state index in [9.17, 15) is 4.79 Å². The van der Waals surface area contributed by atoms with E-state index in [2.05, 4.69) is 10.6 Å². The molecule has 4 N–H and O–H groups in total. The highest BCUT2D eigenvalue weighted by Gasteiger charge is 2.51. The molecular formula is C27H38N4O3. The molecular weight excluding hydrogens is 428 g/mol. The van der Waals surface area contributed by atoms with E-state index in [0.717, 1.165) is 40.2 Å². The Labute approximate surface area is 201 Å². The summed E-state index contributed by atoms with van der Waals surface area (Å²) in [4.78, 5) is 19.9. The molecule has 4 saturated carbocycles. The van der Waals surface area contributed by atoms with Crippen LogP contribution >= 0.6 is 0 Å². The number of carbonyl (C=O) groups excluding carboxylic acids is 1. The van der Waals surface area contributed by atoms with Crippen LogP contribution in [0.5, 0.6) is 0 Å². The Morgan fingerprint density at radius 1 is 0.971 bits per heavy atom. The second-order valence-corrected chi connectivity index (χ2v) is 10.9. The quantitative estimate of drug-likeness (QED) is 0.405. The molecule has 184 valence electrons. The van der Waals surface area contributed by atoms with Crippen LogP contribution in [0.2, 0.25) is 0 Å². The highest BCUT2D eigenvalue weighted by atomic mass is 16.3. The number of hydrogen-bond donors (Lipinski definition) is 4. The van der Waals surface area contributed by atoms with Crippen LogP contribution < -0.4 is 10.6 Å². The van der Waals surface area contributed by atoms with E-state index < -0.39 is 0 Å². The van der Waals surface area contributed by atoms with Crippen molar-refractivity contribution < 1.29 is 15.0 Å². The third-order valence-corrected chi connectivity index (χ3v) is 8.27. The van der Waals surface area contributed by atoms with Gasteiger partial charge in [-0.2, -0.15) is 0 Å². The Kier molecular flexibility index (Phi) is 7.04. The van der Waals surface area contributed by atoms with Gasteiger partial charge in [-0.3, -0.25) is 9.69 Å². The summed E-state index contributed by atoms with van der Waals surface area (Å²) in [6.07, 6.45) is 8.57. The van der Waals surface area contributed by atoms with Crippen molar-refractivity contribution in [2.45, 2.75) is 44.9 Å². The van der Waals surface area contributed by atoms with E-state index in [1.54, 1.807) is 0 Å². The minimum absolute atomic E-state index is 0.0750. The predicted molar refractivity (Wildman–Crippen MR) is 135 cm³/mol. The van der Waals surface area contributed by atoms with Crippen LogP contribution in [-0.2, 0) is 4.79 Å². The third kappa shape index (κ3) is 5.21. The van der Waals surface area contributed by atoms with Crippen molar-refractivity contribution in [1.82, 2.24) is 9.88 Å². The number of fused-ring (bicyclic) bond motifs is 1. The van der Waals surface area contributed by atoms with Crippen molar-refractivity contribution >= 4 is 28.3 Å². The summed E-state index contributed by atoms with van der Waals surface area (Å²) in [5.41, 5.74) is 1.92. The standard InChI is InChI=1S/C27H38N4O3/c32-10-8-31(9-11-33)7-6-28-25-5-4-22-23(29-25)2-1-3-24(22)30-26(34)18-27-15-19-12-20(16-27)14-21(13-19)17-27/h1-5,19-21,32-33H,6-18H2,(H,28,29)(H,30,34). The van der Waals surface area contributed by atoms with Gasteiger partial charge >= 0.3 is 0 Å². The fourth-order valence-corrected chi connectivity index (χ4v) is 7.36. The molecule has 0 spiro atoms. The first-order chi connectivity index (χ1) is 16.6. The van der Waals surface area contributed by atoms with Crippen molar-refractivity contribution in [3.63, 3.8) is 0 Å². The number of benzene rings is 1. The van der Waals surface area contributed by atoms with Gasteiger partial charge in [-0.1, -0.05) is 6.07 Å². The van der Waals surface area contributed by atoms with E-state index in [1.165, 1.54) is 38.5 Å². The molecule has 4 bridgehead atoms. The van der Waals surface area contributed by atoms with E-state index in [1.807, 2.05) is 35.2 Å². The molecule has 0 unspecified atom stereocenters. The zero-order chi connectivity index (χ0) is 23.5. The third-order valence-electron chi connectivity index (χ3n) is 8.27. The first-order valence-electron chi connectivity index (χ1n) is 12.9. The highest BCUT2D eigenvalue weighted by Crippen LogP contribution is 2.61. The molecule has 1 aromatic heterocycles. The second kappa shape index (κ2) is 10.2.